The molecule has 0 aliphatic carbocycles. The Morgan fingerprint density at radius 1 is 1.09 bits per heavy atom. The number of amides is 1. The molecule has 1 heterocycles. The number of hydrogen-bond acceptors (Lipinski definition) is 4. The molecule has 34 heavy (non-hydrogen) atoms. The summed E-state index contributed by atoms with van der Waals surface area (Å²) in [5.74, 6) is 0.359. The van der Waals surface area contributed by atoms with E-state index in [1.54, 1.807) is 13.2 Å². The fraction of sp³-hybridized carbons (Fsp3) is 0.286. The van der Waals surface area contributed by atoms with Gasteiger partial charge in [-0.05, 0) is 87.4 Å². The zero-order chi connectivity index (χ0) is 24.7. The molecule has 0 atom stereocenters. The summed E-state index contributed by atoms with van der Waals surface area (Å²) < 4.78 is 7.30. The summed E-state index contributed by atoms with van der Waals surface area (Å²) in [4.78, 5) is 15.0. The van der Waals surface area contributed by atoms with E-state index >= 15 is 0 Å². The van der Waals surface area contributed by atoms with Crippen LogP contribution in [0.4, 0.5) is 5.69 Å². The van der Waals surface area contributed by atoms with E-state index < -0.39 is 5.91 Å². The Labute approximate surface area is 202 Å². The highest BCUT2D eigenvalue weighted by molar-refractivity contribution is 6.01. The second-order valence-electron chi connectivity index (χ2n) is 8.05. The van der Waals surface area contributed by atoms with Crippen LogP contribution in [-0.2, 0) is 11.3 Å². The summed E-state index contributed by atoms with van der Waals surface area (Å²) in [6.07, 6.45) is 1.66. The normalized spacial score (nSPS) is 11.1. The molecule has 0 spiro atoms. The average Bonchev–Trinajstić information content (AvgIpc) is 3.14. The quantitative estimate of drug-likeness (QED) is 0.356. The van der Waals surface area contributed by atoms with Gasteiger partial charge in [0.25, 0.3) is 5.91 Å². The zero-order valence-electron chi connectivity index (χ0n) is 20.6. The Kier molecular flexibility index (Phi) is 8.15. The molecule has 176 valence electrons. The highest BCUT2D eigenvalue weighted by Crippen LogP contribution is 2.25. The van der Waals surface area contributed by atoms with Gasteiger partial charge in [0.15, 0.2) is 0 Å². The number of nitrogens with one attached hydrogen (secondary N) is 1. The van der Waals surface area contributed by atoms with Crippen molar-refractivity contribution in [3.63, 3.8) is 0 Å². The van der Waals surface area contributed by atoms with Gasteiger partial charge in [0, 0.05) is 42.4 Å². The molecule has 3 aromatic rings. The van der Waals surface area contributed by atoms with Gasteiger partial charge in [-0.3, -0.25) is 4.79 Å². The maximum absolute atomic E-state index is 12.7. The van der Waals surface area contributed by atoms with Crippen molar-refractivity contribution < 1.29 is 9.53 Å². The fourth-order valence-electron chi connectivity index (χ4n) is 4.06. The summed E-state index contributed by atoms with van der Waals surface area (Å²) in [7, 11) is 1.61. The predicted molar refractivity (Wildman–Crippen MR) is 137 cm³/mol. The molecule has 0 saturated carbocycles. The number of aryl methyl sites for hydroxylation is 1. The summed E-state index contributed by atoms with van der Waals surface area (Å²) in [6.45, 7) is 10.6. The molecule has 0 aliphatic rings. The fourth-order valence-corrected chi connectivity index (χ4v) is 4.06. The van der Waals surface area contributed by atoms with Crippen molar-refractivity contribution in [1.29, 1.82) is 5.26 Å². The number of carbonyl (C=O) groups excluding carboxylic acids is 1. The molecule has 0 unspecified atom stereocenters. The zero-order valence-corrected chi connectivity index (χ0v) is 20.6. The van der Waals surface area contributed by atoms with E-state index in [1.807, 2.05) is 50.2 Å². The van der Waals surface area contributed by atoms with Crippen LogP contribution >= 0.6 is 0 Å². The number of ether oxygens (including phenoxy) is 1. The summed E-state index contributed by atoms with van der Waals surface area (Å²) in [5.41, 5.74) is 6.11. The van der Waals surface area contributed by atoms with E-state index in [0.29, 0.717) is 6.54 Å². The van der Waals surface area contributed by atoms with Crippen LogP contribution in [-0.4, -0.2) is 30.7 Å². The average molecular weight is 457 g/mol. The van der Waals surface area contributed by atoms with Crippen LogP contribution in [0.15, 0.2) is 60.2 Å². The van der Waals surface area contributed by atoms with E-state index in [1.165, 1.54) is 5.69 Å². The number of hydrogen-bond donors (Lipinski definition) is 1. The molecular formula is C28H32N4O2. The Bertz CT molecular complexity index is 1190. The first kappa shape index (κ1) is 24.7. The van der Waals surface area contributed by atoms with Gasteiger partial charge in [-0.25, -0.2) is 0 Å². The number of anilines is 1. The van der Waals surface area contributed by atoms with Crippen LogP contribution in [0.5, 0.6) is 5.75 Å². The molecule has 0 saturated heterocycles. The van der Waals surface area contributed by atoms with Crippen LogP contribution < -0.4 is 15.0 Å². The molecule has 3 rings (SSSR count). The number of carbonyl (C=O) groups is 1. The van der Waals surface area contributed by atoms with Gasteiger partial charge >= 0.3 is 0 Å². The third-order valence-electron chi connectivity index (χ3n) is 5.98. The minimum Gasteiger partial charge on any atom is -0.497 e. The first-order chi connectivity index (χ1) is 16.4. The van der Waals surface area contributed by atoms with Gasteiger partial charge in [0.05, 0.1) is 7.11 Å². The number of nitriles is 1. The number of rotatable bonds is 9. The van der Waals surface area contributed by atoms with Gasteiger partial charge in [0.1, 0.15) is 17.4 Å². The molecule has 1 N–H and O–H groups in total. The Morgan fingerprint density at radius 2 is 1.74 bits per heavy atom. The Morgan fingerprint density at radius 3 is 2.29 bits per heavy atom. The highest BCUT2D eigenvalue weighted by atomic mass is 16.5. The lowest BCUT2D eigenvalue weighted by Crippen LogP contribution is -2.23. The smallest absolute Gasteiger partial charge is 0.262 e. The van der Waals surface area contributed by atoms with E-state index in [2.05, 4.69) is 52.9 Å². The van der Waals surface area contributed by atoms with Gasteiger partial charge in [0.2, 0.25) is 0 Å². The molecule has 0 bridgehead atoms. The van der Waals surface area contributed by atoms with Crippen molar-refractivity contribution in [3.05, 3.63) is 82.7 Å². The monoisotopic (exact) mass is 456 g/mol. The minimum atomic E-state index is -0.397. The second-order valence-corrected chi connectivity index (χ2v) is 8.05. The highest BCUT2D eigenvalue weighted by Gasteiger charge is 2.14. The number of benzene rings is 2. The molecule has 1 aromatic heterocycles. The summed E-state index contributed by atoms with van der Waals surface area (Å²) >= 11 is 0. The van der Waals surface area contributed by atoms with Gasteiger partial charge in [-0.2, -0.15) is 5.26 Å². The number of nitrogens with zero attached hydrogens (tertiary/aromatic N) is 3. The van der Waals surface area contributed by atoms with Crippen molar-refractivity contribution in [2.45, 2.75) is 34.2 Å². The van der Waals surface area contributed by atoms with Crippen molar-refractivity contribution >= 4 is 17.7 Å². The lowest BCUT2D eigenvalue weighted by Gasteiger charge is -2.21. The van der Waals surface area contributed by atoms with Gasteiger partial charge in [-0.1, -0.05) is 12.1 Å². The molecule has 2 aromatic carbocycles. The molecule has 0 aliphatic heterocycles. The number of aromatic nitrogens is 1. The van der Waals surface area contributed by atoms with Gasteiger partial charge < -0.3 is 19.5 Å². The maximum Gasteiger partial charge on any atom is 0.262 e. The summed E-state index contributed by atoms with van der Waals surface area (Å²) in [5, 5.41) is 12.5. The first-order valence-corrected chi connectivity index (χ1v) is 11.5. The van der Waals surface area contributed by atoms with Crippen molar-refractivity contribution in [2.24, 2.45) is 0 Å². The number of methoxy groups -OCH3 is 1. The van der Waals surface area contributed by atoms with Crippen LogP contribution in [0, 0.1) is 25.2 Å². The Balaban J connectivity index is 1.79. The molecule has 6 heteroatoms. The van der Waals surface area contributed by atoms with Crippen LogP contribution in [0.2, 0.25) is 0 Å². The standard InChI is InChI=1S/C28H32N4O2/c1-6-31(7-2)25-10-12-26(13-11-25)32-20(3)16-23(21(32)4)17-24(18-29)28(33)30-19-22-8-14-27(34-5)15-9-22/h8-17H,6-7,19H2,1-5H3,(H,30,33)/b24-17-. The SMILES string of the molecule is CCN(CC)c1ccc(-n2c(C)cc(/C=C(/C#N)C(=O)NCc3ccc(OC)cc3)c2C)cc1. The van der Waals surface area contributed by atoms with Gasteiger partial charge in [-0.15, -0.1) is 0 Å². The van der Waals surface area contributed by atoms with Crippen molar-refractivity contribution in [1.82, 2.24) is 9.88 Å². The Hall–Kier alpha value is -3.98. The van der Waals surface area contributed by atoms with Crippen molar-refractivity contribution in [2.75, 3.05) is 25.1 Å². The van der Waals surface area contributed by atoms with Crippen LogP contribution in [0.1, 0.15) is 36.4 Å². The second kappa shape index (κ2) is 11.2. The van der Waals surface area contributed by atoms with E-state index in [4.69, 9.17) is 4.74 Å². The third kappa shape index (κ3) is 5.49. The maximum atomic E-state index is 12.7. The molecule has 6 nitrogen and oxygen atoms in total. The third-order valence-corrected chi connectivity index (χ3v) is 5.98. The van der Waals surface area contributed by atoms with Crippen molar-refractivity contribution in [3.8, 4) is 17.5 Å². The topological polar surface area (TPSA) is 70.3 Å². The lowest BCUT2D eigenvalue weighted by atomic mass is 10.1. The minimum absolute atomic E-state index is 0.0747. The molecular weight excluding hydrogens is 424 g/mol. The predicted octanol–water partition coefficient (Wildman–Crippen LogP) is 5.17. The molecule has 1 amide bonds. The lowest BCUT2D eigenvalue weighted by molar-refractivity contribution is -0.117. The van der Waals surface area contributed by atoms with E-state index in [0.717, 1.165) is 47.0 Å². The largest absolute Gasteiger partial charge is 0.497 e. The van der Waals surface area contributed by atoms with Crippen LogP contribution in [0.25, 0.3) is 11.8 Å². The molecule has 0 radical (unpaired) electrons. The van der Waals surface area contributed by atoms with Crippen LogP contribution in [0.3, 0.4) is 0 Å². The van der Waals surface area contributed by atoms with E-state index in [9.17, 15) is 10.1 Å². The summed E-state index contributed by atoms with van der Waals surface area (Å²) in [6, 6.07) is 20.0. The first-order valence-electron chi connectivity index (χ1n) is 11.5. The van der Waals surface area contributed by atoms with E-state index in [-0.39, 0.29) is 5.57 Å². The molecule has 0 fully saturated rings.